The van der Waals surface area contributed by atoms with Crippen LogP contribution in [0.3, 0.4) is 0 Å². The van der Waals surface area contributed by atoms with Crippen LogP contribution in [0.5, 0.6) is 0 Å². The van der Waals surface area contributed by atoms with Crippen molar-refractivity contribution in [1.82, 2.24) is 4.98 Å². The van der Waals surface area contributed by atoms with Crippen molar-refractivity contribution in [3.05, 3.63) is 68.8 Å². The molecule has 3 aromatic rings. The van der Waals surface area contributed by atoms with Gasteiger partial charge >= 0.3 is 0 Å². The number of non-ortho nitro benzene ring substituents is 1. The van der Waals surface area contributed by atoms with E-state index in [9.17, 15) is 10.1 Å². The summed E-state index contributed by atoms with van der Waals surface area (Å²) in [7, 11) is 0. The van der Waals surface area contributed by atoms with Crippen LogP contribution in [0.1, 0.15) is 0 Å². The summed E-state index contributed by atoms with van der Waals surface area (Å²) in [6.45, 7) is 0. The highest BCUT2D eigenvalue weighted by Crippen LogP contribution is 2.41. The maximum absolute atomic E-state index is 11.1. The fourth-order valence-electron chi connectivity index (χ4n) is 2.06. The van der Waals surface area contributed by atoms with Gasteiger partial charge in [0, 0.05) is 22.1 Å². The Hall–Kier alpha value is -1.82. The summed E-state index contributed by atoms with van der Waals surface area (Å²) in [6.07, 6.45) is 1.60. The van der Waals surface area contributed by atoms with E-state index in [-0.39, 0.29) is 5.69 Å². The highest BCUT2D eigenvalue weighted by molar-refractivity contribution is 7.99. The Morgan fingerprint density at radius 1 is 1.05 bits per heavy atom. The Morgan fingerprint density at radius 3 is 2.45 bits per heavy atom. The van der Waals surface area contributed by atoms with Crippen LogP contribution in [0.2, 0.25) is 10.0 Å². The molecule has 110 valence electrons. The van der Waals surface area contributed by atoms with Gasteiger partial charge in [-0.15, -0.1) is 0 Å². The van der Waals surface area contributed by atoms with Gasteiger partial charge in [-0.25, -0.2) is 0 Å². The Kier molecular flexibility index (Phi) is 4.20. The predicted octanol–water partition coefficient (Wildman–Crippen LogP) is 5.60. The number of nitrogens with zero attached hydrogens (tertiary/aromatic N) is 2. The van der Waals surface area contributed by atoms with Gasteiger partial charge in [-0.05, 0) is 30.3 Å². The molecule has 0 saturated heterocycles. The lowest BCUT2D eigenvalue weighted by Gasteiger charge is -2.09. The van der Waals surface area contributed by atoms with Crippen LogP contribution in [0.4, 0.5) is 5.69 Å². The van der Waals surface area contributed by atoms with Gasteiger partial charge in [-0.1, -0.05) is 41.0 Å². The summed E-state index contributed by atoms with van der Waals surface area (Å²) in [6, 6.07) is 11.7. The summed E-state index contributed by atoms with van der Waals surface area (Å²) in [5.41, 5.74) is 0.579. The third-order valence-electron chi connectivity index (χ3n) is 3.04. The molecule has 0 bridgehead atoms. The number of nitro groups is 1. The molecule has 22 heavy (non-hydrogen) atoms. The van der Waals surface area contributed by atoms with E-state index in [4.69, 9.17) is 23.2 Å². The van der Waals surface area contributed by atoms with E-state index in [1.807, 2.05) is 0 Å². The van der Waals surface area contributed by atoms with Crippen molar-refractivity contribution in [1.29, 1.82) is 0 Å². The number of fused-ring (bicyclic) bond motifs is 1. The SMILES string of the molecule is O=[N+]([O-])c1ccc(Sc2c(Cl)cccc2Cl)c2ncccc12. The Morgan fingerprint density at radius 2 is 1.77 bits per heavy atom. The Balaban J connectivity index is 2.17. The second kappa shape index (κ2) is 6.12. The van der Waals surface area contributed by atoms with Gasteiger partial charge < -0.3 is 0 Å². The predicted molar refractivity (Wildman–Crippen MR) is 89.0 cm³/mol. The summed E-state index contributed by atoms with van der Waals surface area (Å²) in [4.78, 5) is 16.4. The van der Waals surface area contributed by atoms with Gasteiger partial charge in [0.25, 0.3) is 5.69 Å². The molecule has 0 N–H and O–H groups in total. The molecule has 3 rings (SSSR count). The molecule has 0 saturated carbocycles. The van der Waals surface area contributed by atoms with E-state index in [0.717, 1.165) is 4.90 Å². The van der Waals surface area contributed by atoms with E-state index in [1.54, 1.807) is 42.6 Å². The molecule has 0 amide bonds. The molecule has 0 aliphatic heterocycles. The smallest absolute Gasteiger partial charge is 0.258 e. The highest BCUT2D eigenvalue weighted by atomic mass is 35.5. The van der Waals surface area contributed by atoms with Crippen molar-refractivity contribution in [2.24, 2.45) is 0 Å². The average molecular weight is 351 g/mol. The van der Waals surface area contributed by atoms with Crippen molar-refractivity contribution in [2.45, 2.75) is 9.79 Å². The summed E-state index contributed by atoms with van der Waals surface area (Å²) in [5, 5.41) is 12.7. The maximum Gasteiger partial charge on any atom is 0.278 e. The van der Waals surface area contributed by atoms with Gasteiger partial charge in [0.2, 0.25) is 0 Å². The van der Waals surface area contributed by atoms with Crippen molar-refractivity contribution < 1.29 is 4.92 Å². The lowest BCUT2D eigenvalue weighted by Crippen LogP contribution is -1.92. The minimum absolute atomic E-state index is 0.0257. The van der Waals surface area contributed by atoms with Crippen LogP contribution >= 0.6 is 35.0 Å². The largest absolute Gasteiger partial charge is 0.278 e. The molecule has 0 atom stereocenters. The first kappa shape index (κ1) is 15.1. The van der Waals surface area contributed by atoms with E-state index >= 15 is 0 Å². The number of rotatable bonds is 3. The van der Waals surface area contributed by atoms with E-state index < -0.39 is 4.92 Å². The van der Waals surface area contributed by atoms with Crippen molar-refractivity contribution in [3.8, 4) is 0 Å². The number of nitro benzene ring substituents is 1. The number of hydrogen-bond acceptors (Lipinski definition) is 4. The number of benzene rings is 2. The van der Waals surface area contributed by atoms with Gasteiger partial charge in [-0.2, -0.15) is 0 Å². The molecule has 0 fully saturated rings. The summed E-state index contributed by atoms with van der Waals surface area (Å²) >= 11 is 13.7. The third kappa shape index (κ3) is 2.75. The van der Waals surface area contributed by atoms with Crippen LogP contribution in [-0.4, -0.2) is 9.91 Å². The average Bonchev–Trinajstić information content (AvgIpc) is 2.50. The van der Waals surface area contributed by atoms with Gasteiger partial charge in [0.1, 0.15) is 0 Å². The molecule has 0 radical (unpaired) electrons. The van der Waals surface area contributed by atoms with Gasteiger partial charge in [0.05, 0.1) is 25.9 Å². The van der Waals surface area contributed by atoms with Crippen LogP contribution in [0.25, 0.3) is 10.9 Å². The lowest BCUT2D eigenvalue weighted by atomic mass is 10.2. The monoisotopic (exact) mass is 350 g/mol. The molecule has 1 aromatic heterocycles. The molecule has 1 heterocycles. The van der Waals surface area contributed by atoms with Crippen molar-refractivity contribution >= 4 is 51.6 Å². The molecule has 0 spiro atoms. The molecule has 0 unspecified atom stereocenters. The van der Waals surface area contributed by atoms with E-state index in [0.29, 0.717) is 25.8 Å². The summed E-state index contributed by atoms with van der Waals surface area (Å²) in [5.74, 6) is 0. The van der Waals surface area contributed by atoms with Crippen molar-refractivity contribution in [3.63, 3.8) is 0 Å². The van der Waals surface area contributed by atoms with Crippen LogP contribution < -0.4 is 0 Å². The zero-order chi connectivity index (χ0) is 15.7. The fourth-order valence-corrected chi connectivity index (χ4v) is 3.64. The molecular weight excluding hydrogens is 343 g/mol. The first-order valence-electron chi connectivity index (χ1n) is 6.22. The van der Waals surface area contributed by atoms with Crippen LogP contribution in [-0.2, 0) is 0 Å². The zero-order valence-electron chi connectivity index (χ0n) is 11.0. The van der Waals surface area contributed by atoms with Gasteiger partial charge in [0.15, 0.2) is 0 Å². The second-order valence-electron chi connectivity index (χ2n) is 4.39. The first-order chi connectivity index (χ1) is 10.6. The topological polar surface area (TPSA) is 56.0 Å². The minimum Gasteiger partial charge on any atom is -0.258 e. The second-order valence-corrected chi connectivity index (χ2v) is 6.26. The summed E-state index contributed by atoms with van der Waals surface area (Å²) < 4.78 is 0. The molecule has 0 aliphatic rings. The quantitative estimate of drug-likeness (QED) is 0.455. The molecular formula is C15H8Cl2N2O2S. The zero-order valence-corrected chi connectivity index (χ0v) is 13.3. The normalized spacial score (nSPS) is 10.8. The Labute approximate surface area is 140 Å². The number of halogens is 2. The van der Waals surface area contributed by atoms with Crippen LogP contribution in [0, 0.1) is 10.1 Å². The molecule has 0 aliphatic carbocycles. The van der Waals surface area contributed by atoms with Crippen molar-refractivity contribution in [2.75, 3.05) is 0 Å². The molecule has 4 nitrogen and oxygen atoms in total. The third-order valence-corrected chi connectivity index (χ3v) is 5.08. The maximum atomic E-state index is 11.1. The molecule has 7 heteroatoms. The minimum atomic E-state index is -0.416. The first-order valence-corrected chi connectivity index (χ1v) is 7.79. The van der Waals surface area contributed by atoms with E-state index in [1.165, 1.54) is 17.8 Å². The highest BCUT2D eigenvalue weighted by Gasteiger charge is 2.17. The fraction of sp³-hybridized carbons (Fsp3) is 0. The number of aromatic nitrogens is 1. The number of hydrogen-bond donors (Lipinski definition) is 0. The Bertz CT molecular complexity index is 866. The van der Waals surface area contributed by atoms with Gasteiger partial charge in [-0.3, -0.25) is 15.1 Å². The number of pyridine rings is 1. The lowest BCUT2D eigenvalue weighted by molar-refractivity contribution is -0.383. The standard InChI is InChI=1S/C15H8Cl2N2O2S/c16-10-4-1-5-11(17)15(10)22-13-7-6-12(19(20)21)9-3-2-8-18-14(9)13/h1-8H. The van der Waals surface area contributed by atoms with Crippen LogP contribution in [0.15, 0.2) is 58.5 Å². The van der Waals surface area contributed by atoms with E-state index in [2.05, 4.69) is 4.98 Å². The molecule has 2 aromatic carbocycles.